The number of urea groups is 1. The average molecular weight is 287 g/mol. The fourth-order valence-corrected chi connectivity index (χ4v) is 3.52. The number of aromatic nitrogens is 1. The molecule has 3 rings (SSSR count). The topological polar surface area (TPSA) is 62.3 Å². The maximum absolute atomic E-state index is 12.4. The van der Waals surface area contributed by atoms with E-state index in [1.807, 2.05) is 13.0 Å². The van der Waals surface area contributed by atoms with E-state index in [4.69, 9.17) is 0 Å². The van der Waals surface area contributed by atoms with Crippen molar-refractivity contribution < 1.29 is 9.59 Å². The Morgan fingerprint density at radius 2 is 1.90 bits per heavy atom. The standard InChI is InChI=1S/C16H21N3O2/c1-12-8-13(10-17-9-12)11-19-15(21)18-14(20)16(19)6-4-2-3-5-7-16/h8-10H,2-7,11H2,1H3,(H,18,20,21). The Kier molecular flexibility index (Phi) is 3.66. The van der Waals surface area contributed by atoms with Gasteiger partial charge in [-0.2, -0.15) is 0 Å². The van der Waals surface area contributed by atoms with Crippen molar-refractivity contribution in [3.63, 3.8) is 0 Å². The van der Waals surface area contributed by atoms with Crippen molar-refractivity contribution in [2.24, 2.45) is 0 Å². The quantitative estimate of drug-likeness (QED) is 0.850. The predicted molar refractivity (Wildman–Crippen MR) is 78.5 cm³/mol. The van der Waals surface area contributed by atoms with Crippen LogP contribution in [0.4, 0.5) is 4.79 Å². The van der Waals surface area contributed by atoms with E-state index < -0.39 is 5.54 Å². The lowest BCUT2D eigenvalue weighted by atomic mass is 9.88. The van der Waals surface area contributed by atoms with Crippen molar-refractivity contribution in [2.45, 2.75) is 57.5 Å². The molecule has 0 atom stereocenters. The molecule has 1 saturated carbocycles. The van der Waals surface area contributed by atoms with E-state index in [9.17, 15) is 9.59 Å². The van der Waals surface area contributed by atoms with Crippen molar-refractivity contribution >= 4 is 11.9 Å². The lowest BCUT2D eigenvalue weighted by Gasteiger charge is -2.34. The Morgan fingerprint density at radius 3 is 2.57 bits per heavy atom. The second-order valence-electron chi connectivity index (χ2n) is 6.16. The number of imide groups is 1. The number of carbonyl (C=O) groups is 2. The van der Waals surface area contributed by atoms with Gasteiger partial charge in [0, 0.05) is 12.4 Å². The minimum absolute atomic E-state index is 0.116. The van der Waals surface area contributed by atoms with E-state index in [-0.39, 0.29) is 11.9 Å². The van der Waals surface area contributed by atoms with Crippen molar-refractivity contribution in [1.82, 2.24) is 15.2 Å². The van der Waals surface area contributed by atoms with Crippen LogP contribution in [0, 0.1) is 6.92 Å². The highest BCUT2D eigenvalue weighted by molar-refractivity contribution is 6.07. The first kappa shape index (κ1) is 14.0. The van der Waals surface area contributed by atoms with E-state index in [0.29, 0.717) is 6.54 Å². The molecule has 2 aliphatic rings. The molecule has 1 aromatic rings. The van der Waals surface area contributed by atoms with Gasteiger partial charge in [-0.25, -0.2) is 4.79 Å². The van der Waals surface area contributed by atoms with Crippen LogP contribution in [0.3, 0.4) is 0 Å². The van der Waals surface area contributed by atoms with Gasteiger partial charge in [0.2, 0.25) is 0 Å². The summed E-state index contributed by atoms with van der Waals surface area (Å²) in [5.41, 5.74) is 1.40. The second kappa shape index (κ2) is 5.47. The van der Waals surface area contributed by atoms with Crippen LogP contribution in [0.5, 0.6) is 0 Å². The molecule has 1 aliphatic heterocycles. The number of amides is 3. The van der Waals surface area contributed by atoms with Crippen LogP contribution in [-0.4, -0.2) is 27.4 Å². The molecule has 2 heterocycles. The van der Waals surface area contributed by atoms with Gasteiger partial charge in [0.05, 0.1) is 6.54 Å². The van der Waals surface area contributed by atoms with Crippen LogP contribution in [0.25, 0.3) is 0 Å². The maximum atomic E-state index is 12.4. The summed E-state index contributed by atoms with van der Waals surface area (Å²) in [6, 6.07) is 1.76. The minimum Gasteiger partial charge on any atom is -0.305 e. The van der Waals surface area contributed by atoms with Crippen molar-refractivity contribution in [3.8, 4) is 0 Å². The van der Waals surface area contributed by atoms with E-state index >= 15 is 0 Å². The summed E-state index contributed by atoms with van der Waals surface area (Å²) in [5.74, 6) is -0.116. The lowest BCUT2D eigenvalue weighted by molar-refractivity contribution is -0.127. The van der Waals surface area contributed by atoms with Gasteiger partial charge in [-0.15, -0.1) is 0 Å². The van der Waals surface area contributed by atoms with Crippen LogP contribution in [0.2, 0.25) is 0 Å². The predicted octanol–water partition coefficient (Wildman–Crippen LogP) is 2.53. The Bertz CT molecular complexity index is 562. The van der Waals surface area contributed by atoms with Crippen LogP contribution < -0.4 is 5.32 Å². The largest absolute Gasteiger partial charge is 0.325 e. The Balaban J connectivity index is 1.90. The molecule has 3 amide bonds. The highest BCUT2D eigenvalue weighted by atomic mass is 16.2. The molecule has 1 N–H and O–H groups in total. The molecule has 1 saturated heterocycles. The molecule has 0 bridgehead atoms. The van der Waals surface area contributed by atoms with E-state index in [0.717, 1.165) is 49.7 Å². The average Bonchev–Trinajstić information content (AvgIpc) is 2.64. The normalized spacial score (nSPS) is 21.5. The molecule has 1 spiro atoms. The zero-order valence-corrected chi connectivity index (χ0v) is 12.4. The third-order valence-electron chi connectivity index (χ3n) is 4.61. The molecule has 0 aromatic carbocycles. The highest BCUT2D eigenvalue weighted by Gasteiger charge is 2.52. The van der Waals surface area contributed by atoms with Gasteiger partial charge in [0.25, 0.3) is 5.91 Å². The smallest absolute Gasteiger partial charge is 0.305 e. The maximum Gasteiger partial charge on any atom is 0.325 e. The molecule has 5 heteroatoms. The molecule has 1 aromatic heterocycles. The number of rotatable bonds is 2. The van der Waals surface area contributed by atoms with Gasteiger partial charge in [0.15, 0.2) is 0 Å². The Hall–Kier alpha value is -1.91. The number of hydrogen-bond donors (Lipinski definition) is 1. The third-order valence-corrected chi connectivity index (χ3v) is 4.61. The number of carbonyl (C=O) groups excluding carboxylic acids is 2. The molecular weight excluding hydrogens is 266 g/mol. The zero-order chi connectivity index (χ0) is 14.9. The number of aryl methyl sites for hydroxylation is 1. The van der Waals surface area contributed by atoms with E-state index in [1.165, 1.54) is 0 Å². The summed E-state index contributed by atoms with van der Waals surface area (Å²) < 4.78 is 0. The van der Waals surface area contributed by atoms with Crippen LogP contribution in [-0.2, 0) is 11.3 Å². The summed E-state index contributed by atoms with van der Waals surface area (Å²) in [6.07, 6.45) is 9.39. The Labute approximate surface area is 124 Å². The van der Waals surface area contributed by atoms with E-state index in [1.54, 1.807) is 17.3 Å². The number of hydrogen-bond acceptors (Lipinski definition) is 3. The third kappa shape index (κ3) is 2.52. The number of nitrogens with one attached hydrogen (secondary N) is 1. The first-order chi connectivity index (χ1) is 10.1. The fourth-order valence-electron chi connectivity index (χ4n) is 3.52. The van der Waals surface area contributed by atoms with Crippen LogP contribution in [0.1, 0.15) is 49.7 Å². The summed E-state index contributed by atoms with van der Waals surface area (Å²) in [4.78, 5) is 30.5. The number of pyridine rings is 1. The Morgan fingerprint density at radius 1 is 1.19 bits per heavy atom. The van der Waals surface area contributed by atoms with Gasteiger partial charge in [-0.05, 0) is 30.9 Å². The molecule has 112 valence electrons. The van der Waals surface area contributed by atoms with Crippen LogP contribution in [0.15, 0.2) is 18.5 Å². The number of nitrogens with zero attached hydrogens (tertiary/aromatic N) is 2. The van der Waals surface area contributed by atoms with Gasteiger partial charge >= 0.3 is 6.03 Å². The van der Waals surface area contributed by atoms with Crippen molar-refractivity contribution in [1.29, 1.82) is 0 Å². The first-order valence-electron chi connectivity index (χ1n) is 7.65. The van der Waals surface area contributed by atoms with E-state index in [2.05, 4.69) is 10.3 Å². The second-order valence-corrected chi connectivity index (χ2v) is 6.16. The molecule has 1 aliphatic carbocycles. The van der Waals surface area contributed by atoms with Gasteiger partial charge < -0.3 is 4.90 Å². The summed E-state index contributed by atoms with van der Waals surface area (Å²) in [5, 5.41) is 2.52. The monoisotopic (exact) mass is 287 g/mol. The van der Waals surface area contributed by atoms with Gasteiger partial charge in [0.1, 0.15) is 5.54 Å². The molecule has 21 heavy (non-hydrogen) atoms. The van der Waals surface area contributed by atoms with Gasteiger partial charge in [-0.1, -0.05) is 31.7 Å². The highest BCUT2D eigenvalue weighted by Crippen LogP contribution is 2.37. The lowest BCUT2D eigenvalue weighted by Crippen LogP contribution is -2.48. The summed E-state index contributed by atoms with van der Waals surface area (Å²) in [7, 11) is 0. The molecule has 0 unspecified atom stereocenters. The molecule has 5 nitrogen and oxygen atoms in total. The SMILES string of the molecule is Cc1cncc(CN2C(=O)NC(=O)C23CCCCCC3)c1. The van der Waals surface area contributed by atoms with Crippen LogP contribution >= 0.6 is 0 Å². The fraction of sp³-hybridized carbons (Fsp3) is 0.562. The molecule has 2 fully saturated rings. The zero-order valence-electron chi connectivity index (χ0n) is 12.4. The molecular formula is C16H21N3O2. The van der Waals surface area contributed by atoms with Gasteiger partial charge in [-0.3, -0.25) is 15.1 Å². The van der Waals surface area contributed by atoms with Crippen molar-refractivity contribution in [2.75, 3.05) is 0 Å². The minimum atomic E-state index is -0.642. The molecule has 0 radical (unpaired) electrons. The summed E-state index contributed by atoms with van der Waals surface area (Å²) in [6.45, 7) is 2.43. The summed E-state index contributed by atoms with van der Waals surface area (Å²) >= 11 is 0. The first-order valence-corrected chi connectivity index (χ1v) is 7.65. The van der Waals surface area contributed by atoms with Crippen molar-refractivity contribution in [3.05, 3.63) is 29.6 Å².